The van der Waals surface area contributed by atoms with E-state index in [1.165, 1.54) is 0 Å². The van der Waals surface area contributed by atoms with Gasteiger partial charge in [0.05, 0.1) is 25.0 Å². The van der Waals surface area contributed by atoms with E-state index in [1.54, 1.807) is 35.2 Å². The predicted molar refractivity (Wildman–Crippen MR) is 106 cm³/mol. The first-order chi connectivity index (χ1) is 13.7. The lowest BCUT2D eigenvalue weighted by molar-refractivity contribution is 0.183. The Labute approximate surface area is 162 Å². The number of amides is 2. The lowest BCUT2D eigenvalue weighted by atomic mass is 10.2. The van der Waals surface area contributed by atoms with Gasteiger partial charge in [-0.1, -0.05) is 0 Å². The van der Waals surface area contributed by atoms with Crippen molar-refractivity contribution in [2.24, 2.45) is 0 Å². The van der Waals surface area contributed by atoms with E-state index >= 15 is 0 Å². The molecule has 28 heavy (non-hydrogen) atoms. The summed E-state index contributed by atoms with van der Waals surface area (Å²) in [6.07, 6.45) is 5.35. The van der Waals surface area contributed by atoms with Gasteiger partial charge in [-0.25, -0.2) is 14.8 Å². The first-order valence-corrected chi connectivity index (χ1v) is 9.00. The largest absolute Gasteiger partial charge is 0.383 e. The molecule has 0 atom stereocenters. The zero-order valence-corrected chi connectivity index (χ0v) is 15.5. The summed E-state index contributed by atoms with van der Waals surface area (Å²) in [4.78, 5) is 22.4. The molecule has 9 heteroatoms. The van der Waals surface area contributed by atoms with Crippen molar-refractivity contribution in [1.29, 1.82) is 0 Å². The SMILES string of the molecule is COCCn1cc(Nc2ccnc(-c3ccc(N4CCNC4=O)cc3)n2)cn1. The quantitative estimate of drug-likeness (QED) is 0.654. The van der Waals surface area contributed by atoms with Gasteiger partial charge < -0.3 is 15.4 Å². The molecule has 3 aromatic rings. The zero-order valence-electron chi connectivity index (χ0n) is 15.5. The van der Waals surface area contributed by atoms with Gasteiger partial charge in [0.25, 0.3) is 0 Å². The molecular weight excluding hydrogens is 358 g/mol. The van der Waals surface area contributed by atoms with Gasteiger partial charge in [-0.15, -0.1) is 0 Å². The van der Waals surface area contributed by atoms with Gasteiger partial charge in [-0.2, -0.15) is 5.10 Å². The lowest BCUT2D eigenvalue weighted by Gasteiger charge is -2.14. The number of methoxy groups -OCH3 is 1. The van der Waals surface area contributed by atoms with Crippen LogP contribution in [0.25, 0.3) is 11.4 Å². The second kappa shape index (κ2) is 8.05. The van der Waals surface area contributed by atoms with E-state index in [9.17, 15) is 4.79 Å². The molecule has 2 amide bonds. The van der Waals surface area contributed by atoms with Gasteiger partial charge >= 0.3 is 6.03 Å². The van der Waals surface area contributed by atoms with Crippen LogP contribution in [0, 0.1) is 0 Å². The molecule has 144 valence electrons. The smallest absolute Gasteiger partial charge is 0.321 e. The lowest BCUT2D eigenvalue weighted by Crippen LogP contribution is -2.27. The van der Waals surface area contributed by atoms with Crippen LogP contribution in [0.5, 0.6) is 0 Å². The summed E-state index contributed by atoms with van der Waals surface area (Å²) < 4.78 is 6.86. The van der Waals surface area contributed by atoms with E-state index in [1.807, 2.05) is 30.5 Å². The minimum absolute atomic E-state index is 0.0683. The van der Waals surface area contributed by atoms with E-state index in [4.69, 9.17) is 4.74 Å². The molecule has 0 radical (unpaired) electrons. The number of aromatic nitrogens is 4. The van der Waals surface area contributed by atoms with Crippen LogP contribution in [0.4, 0.5) is 22.0 Å². The number of benzene rings is 1. The normalized spacial score (nSPS) is 13.6. The molecule has 3 heterocycles. The summed E-state index contributed by atoms with van der Waals surface area (Å²) in [6, 6.07) is 9.39. The molecule has 1 aliphatic heterocycles. The Balaban J connectivity index is 1.47. The highest BCUT2D eigenvalue weighted by molar-refractivity contribution is 5.94. The molecule has 2 aromatic heterocycles. The third kappa shape index (κ3) is 3.94. The van der Waals surface area contributed by atoms with Gasteiger partial charge in [-0.05, 0) is 30.3 Å². The minimum Gasteiger partial charge on any atom is -0.383 e. The van der Waals surface area contributed by atoms with Crippen LogP contribution in [-0.4, -0.2) is 52.6 Å². The number of nitrogens with zero attached hydrogens (tertiary/aromatic N) is 5. The van der Waals surface area contributed by atoms with Crippen molar-refractivity contribution >= 4 is 23.2 Å². The zero-order chi connectivity index (χ0) is 19.3. The van der Waals surface area contributed by atoms with Crippen LogP contribution >= 0.6 is 0 Å². The number of rotatable bonds is 7. The molecule has 1 saturated heterocycles. The van der Waals surface area contributed by atoms with Gasteiger partial charge in [0.1, 0.15) is 5.82 Å². The molecule has 0 unspecified atom stereocenters. The molecule has 1 aromatic carbocycles. The Hall–Kier alpha value is -3.46. The molecule has 0 bridgehead atoms. The van der Waals surface area contributed by atoms with Crippen LogP contribution < -0.4 is 15.5 Å². The average Bonchev–Trinajstić information content (AvgIpc) is 3.35. The maximum Gasteiger partial charge on any atom is 0.321 e. The topological polar surface area (TPSA) is 97.2 Å². The Morgan fingerprint density at radius 1 is 1.25 bits per heavy atom. The summed E-state index contributed by atoms with van der Waals surface area (Å²) in [5.74, 6) is 1.29. The molecule has 2 N–H and O–H groups in total. The fourth-order valence-electron chi connectivity index (χ4n) is 2.96. The van der Waals surface area contributed by atoms with Crippen molar-refractivity contribution in [3.05, 3.63) is 48.9 Å². The van der Waals surface area contributed by atoms with Crippen LogP contribution in [0.3, 0.4) is 0 Å². The van der Waals surface area contributed by atoms with E-state index in [2.05, 4.69) is 25.7 Å². The van der Waals surface area contributed by atoms with Crippen molar-refractivity contribution in [3.63, 3.8) is 0 Å². The summed E-state index contributed by atoms with van der Waals surface area (Å²) in [5, 5.41) is 10.3. The number of anilines is 3. The molecule has 0 saturated carbocycles. The number of carbonyl (C=O) groups excluding carboxylic acids is 1. The fraction of sp³-hybridized carbons (Fsp3) is 0.263. The monoisotopic (exact) mass is 379 g/mol. The van der Waals surface area contributed by atoms with E-state index in [0.29, 0.717) is 37.9 Å². The fourth-order valence-corrected chi connectivity index (χ4v) is 2.96. The average molecular weight is 379 g/mol. The Morgan fingerprint density at radius 3 is 2.86 bits per heavy atom. The highest BCUT2D eigenvalue weighted by atomic mass is 16.5. The first kappa shape index (κ1) is 17.9. The van der Waals surface area contributed by atoms with Crippen LogP contribution in [0.15, 0.2) is 48.9 Å². The number of hydrogen-bond donors (Lipinski definition) is 2. The second-order valence-electron chi connectivity index (χ2n) is 6.31. The molecule has 0 spiro atoms. The van der Waals surface area contributed by atoms with Crippen molar-refractivity contribution in [1.82, 2.24) is 25.1 Å². The summed E-state index contributed by atoms with van der Waals surface area (Å²) in [7, 11) is 1.66. The van der Waals surface area contributed by atoms with Gasteiger partial charge in [-0.3, -0.25) is 9.58 Å². The molecule has 1 fully saturated rings. The molecule has 1 aliphatic rings. The number of nitrogens with one attached hydrogen (secondary N) is 2. The second-order valence-corrected chi connectivity index (χ2v) is 6.31. The van der Waals surface area contributed by atoms with Gasteiger partial charge in [0.2, 0.25) is 0 Å². The van der Waals surface area contributed by atoms with E-state index < -0.39 is 0 Å². The molecule has 0 aliphatic carbocycles. The maximum atomic E-state index is 11.8. The van der Waals surface area contributed by atoms with Gasteiger partial charge in [0.15, 0.2) is 5.82 Å². The predicted octanol–water partition coefficient (Wildman–Crippen LogP) is 2.26. The number of ether oxygens (including phenoxy) is 1. The third-order valence-electron chi connectivity index (χ3n) is 4.38. The van der Waals surface area contributed by atoms with Crippen LogP contribution in [0.2, 0.25) is 0 Å². The van der Waals surface area contributed by atoms with E-state index in [-0.39, 0.29) is 6.03 Å². The Bertz CT molecular complexity index is 955. The van der Waals surface area contributed by atoms with Gasteiger partial charge in [0, 0.05) is 43.8 Å². The first-order valence-electron chi connectivity index (χ1n) is 9.00. The number of carbonyl (C=O) groups is 1. The molecule has 9 nitrogen and oxygen atoms in total. The van der Waals surface area contributed by atoms with Crippen molar-refractivity contribution in [2.45, 2.75) is 6.54 Å². The number of hydrogen-bond acceptors (Lipinski definition) is 6. The van der Waals surface area contributed by atoms with Crippen molar-refractivity contribution < 1.29 is 9.53 Å². The maximum absolute atomic E-state index is 11.8. The summed E-state index contributed by atoms with van der Waals surface area (Å²) in [6.45, 7) is 2.63. The molecular formula is C19H21N7O2. The highest BCUT2D eigenvalue weighted by Crippen LogP contribution is 2.23. The standard InChI is InChI=1S/C19H21N7O2/c1-28-11-10-25-13-15(12-22-25)23-17-6-7-20-18(24-17)14-2-4-16(5-3-14)26-9-8-21-19(26)27/h2-7,12-13H,8-11H2,1H3,(H,21,27)(H,20,23,24). The minimum atomic E-state index is -0.0683. The highest BCUT2D eigenvalue weighted by Gasteiger charge is 2.20. The number of urea groups is 1. The van der Waals surface area contributed by atoms with Crippen LogP contribution in [0.1, 0.15) is 0 Å². The Morgan fingerprint density at radius 2 is 2.11 bits per heavy atom. The van der Waals surface area contributed by atoms with Crippen molar-refractivity contribution in [2.75, 3.05) is 37.0 Å². The summed E-state index contributed by atoms with van der Waals surface area (Å²) in [5.41, 5.74) is 2.58. The molecule has 4 rings (SSSR count). The van der Waals surface area contributed by atoms with Crippen LogP contribution in [-0.2, 0) is 11.3 Å². The summed E-state index contributed by atoms with van der Waals surface area (Å²) >= 11 is 0. The third-order valence-corrected chi connectivity index (χ3v) is 4.38. The van der Waals surface area contributed by atoms with Crippen molar-refractivity contribution in [3.8, 4) is 11.4 Å². The Kier molecular flexibility index (Phi) is 5.16. The van der Waals surface area contributed by atoms with E-state index in [0.717, 1.165) is 16.9 Å².